The highest BCUT2D eigenvalue weighted by atomic mass is 16.5. The summed E-state index contributed by atoms with van der Waals surface area (Å²) in [6, 6.07) is 2.48. The average Bonchev–Trinajstić information content (AvgIpc) is 3.33. The molecule has 31 heavy (non-hydrogen) atoms. The second-order valence-corrected chi connectivity index (χ2v) is 8.90. The average molecular weight is 422 g/mol. The van der Waals surface area contributed by atoms with Crippen molar-refractivity contribution < 1.29 is 9.53 Å². The molecule has 4 N–H and O–H groups in total. The first-order valence-corrected chi connectivity index (χ1v) is 10.9. The van der Waals surface area contributed by atoms with Crippen LogP contribution in [0, 0.1) is 11.3 Å². The molecule has 2 atom stereocenters. The molecule has 0 radical (unpaired) electrons. The lowest BCUT2D eigenvalue weighted by Crippen LogP contribution is -2.46. The molecule has 1 saturated heterocycles. The van der Waals surface area contributed by atoms with Gasteiger partial charge in [0.05, 0.1) is 24.0 Å². The highest BCUT2D eigenvalue weighted by Gasteiger charge is 2.39. The molecular weight excluding hydrogens is 394 g/mol. The fourth-order valence-electron chi connectivity index (χ4n) is 5.45. The van der Waals surface area contributed by atoms with E-state index in [0.29, 0.717) is 41.1 Å². The molecule has 0 bridgehead atoms. The van der Waals surface area contributed by atoms with Gasteiger partial charge in [0, 0.05) is 30.1 Å². The summed E-state index contributed by atoms with van der Waals surface area (Å²) in [6.07, 6.45) is 4.33. The van der Waals surface area contributed by atoms with Crippen LogP contribution in [0.25, 0.3) is 10.8 Å². The van der Waals surface area contributed by atoms with Gasteiger partial charge in [-0.05, 0) is 26.7 Å². The van der Waals surface area contributed by atoms with E-state index in [1.807, 2.05) is 18.7 Å². The summed E-state index contributed by atoms with van der Waals surface area (Å²) in [7, 11) is 0. The number of carbonyl (C=O) groups excluding carboxylic acids is 1. The highest BCUT2D eigenvalue weighted by molar-refractivity contribution is 6.13. The Morgan fingerprint density at radius 1 is 1.03 bits per heavy atom. The second-order valence-electron chi connectivity index (χ2n) is 8.90. The normalized spacial score (nSPS) is 24.1. The molecule has 1 saturated carbocycles. The van der Waals surface area contributed by atoms with E-state index < -0.39 is 0 Å². The monoisotopic (exact) mass is 421 g/mol. The first-order valence-electron chi connectivity index (χ1n) is 10.9. The number of aromatic nitrogens is 2. The number of pyridine rings is 2. The number of hydrogen-bond donors (Lipinski definition) is 2. The zero-order chi connectivity index (χ0) is 21.9. The largest absolute Gasteiger partial charge is 0.383 e. The molecule has 5 rings (SSSR count). The number of hydrogen-bond acceptors (Lipinski definition) is 8. The van der Waals surface area contributed by atoms with Gasteiger partial charge in [-0.3, -0.25) is 9.69 Å². The number of nitrogens with zero attached hydrogens (tertiary/aromatic N) is 5. The number of ether oxygens (including phenoxy) is 1. The summed E-state index contributed by atoms with van der Waals surface area (Å²) < 4.78 is 5.84. The third-order valence-electron chi connectivity index (χ3n) is 6.61. The number of carbonyl (C=O) groups is 1. The molecule has 162 valence electrons. The number of amides is 1. The predicted octanol–water partition coefficient (Wildman–Crippen LogP) is 2.11. The second kappa shape index (κ2) is 7.24. The molecule has 2 aromatic heterocycles. The standard InChI is InChI=1S/C22H27N7O2/c1-11-9-28(10-12(2)31-11)21-15(8-23)17-14-7-16(30)29(13-5-3-4-6-13)22(14)27-20(25)18(17)19(24)26-21/h11-13H,3-7,9-10H2,1-2H3,(H2,24,26)(H2,25,27)/t11-,12+. The smallest absolute Gasteiger partial charge is 0.233 e. The first-order chi connectivity index (χ1) is 14.9. The first kappa shape index (κ1) is 19.8. The number of rotatable bonds is 2. The Kier molecular flexibility index (Phi) is 4.63. The van der Waals surface area contributed by atoms with Crippen LogP contribution in [0.15, 0.2) is 0 Å². The molecule has 2 aromatic rings. The fraction of sp³-hybridized carbons (Fsp3) is 0.545. The van der Waals surface area contributed by atoms with Crippen LogP contribution in [0.5, 0.6) is 0 Å². The van der Waals surface area contributed by atoms with Crippen molar-refractivity contribution in [2.75, 3.05) is 34.4 Å². The molecule has 0 unspecified atom stereocenters. The molecule has 4 heterocycles. The Morgan fingerprint density at radius 3 is 2.26 bits per heavy atom. The van der Waals surface area contributed by atoms with Crippen LogP contribution < -0.4 is 21.3 Å². The summed E-state index contributed by atoms with van der Waals surface area (Å²) >= 11 is 0. The van der Waals surface area contributed by atoms with E-state index in [9.17, 15) is 10.1 Å². The maximum Gasteiger partial charge on any atom is 0.233 e. The summed E-state index contributed by atoms with van der Waals surface area (Å²) in [6.45, 7) is 5.20. The highest BCUT2D eigenvalue weighted by Crippen LogP contribution is 2.44. The topological polar surface area (TPSA) is 134 Å². The Hall–Kier alpha value is -3.12. The zero-order valence-electron chi connectivity index (χ0n) is 17.9. The quantitative estimate of drug-likeness (QED) is 0.753. The van der Waals surface area contributed by atoms with E-state index in [2.05, 4.69) is 16.0 Å². The van der Waals surface area contributed by atoms with Crippen molar-refractivity contribution >= 4 is 40.0 Å². The van der Waals surface area contributed by atoms with Gasteiger partial charge < -0.3 is 21.1 Å². The Bertz CT molecular complexity index is 1110. The van der Waals surface area contributed by atoms with E-state index in [1.54, 1.807) is 4.90 Å². The van der Waals surface area contributed by atoms with Gasteiger partial charge in [0.25, 0.3) is 0 Å². The molecule has 9 heteroatoms. The molecule has 2 fully saturated rings. The molecule has 1 aliphatic carbocycles. The van der Waals surface area contributed by atoms with Crippen molar-refractivity contribution in [2.24, 2.45) is 0 Å². The number of nitriles is 1. The van der Waals surface area contributed by atoms with Crippen molar-refractivity contribution in [3.63, 3.8) is 0 Å². The lowest BCUT2D eigenvalue weighted by Gasteiger charge is -2.36. The van der Waals surface area contributed by atoms with Gasteiger partial charge in [0.15, 0.2) is 0 Å². The molecule has 2 aliphatic heterocycles. The summed E-state index contributed by atoms with van der Waals surface area (Å²) in [5.41, 5.74) is 13.8. The maximum absolute atomic E-state index is 13.0. The van der Waals surface area contributed by atoms with Crippen molar-refractivity contribution in [3.05, 3.63) is 11.1 Å². The Balaban J connectivity index is 1.74. The number of morpholine rings is 1. The summed E-state index contributed by atoms with van der Waals surface area (Å²) in [5.74, 6) is 1.56. The minimum atomic E-state index is 0.00155. The lowest BCUT2D eigenvalue weighted by molar-refractivity contribution is -0.117. The maximum atomic E-state index is 13.0. The van der Waals surface area contributed by atoms with Crippen LogP contribution in [-0.2, 0) is 16.0 Å². The van der Waals surface area contributed by atoms with Gasteiger partial charge in [-0.1, -0.05) is 12.8 Å². The number of nitrogen functional groups attached to an aromatic ring is 2. The van der Waals surface area contributed by atoms with Crippen molar-refractivity contribution in [2.45, 2.75) is 64.2 Å². The predicted molar refractivity (Wildman–Crippen MR) is 119 cm³/mol. The van der Waals surface area contributed by atoms with Gasteiger partial charge in [-0.25, -0.2) is 9.97 Å². The van der Waals surface area contributed by atoms with Crippen LogP contribution in [0.2, 0.25) is 0 Å². The van der Waals surface area contributed by atoms with Crippen LogP contribution in [-0.4, -0.2) is 47.2 Å². The zero-order valence-corrected chi connectivity index (χ0v) is 17.9. The van der Waals surface area contributed by atoms with E-state index in [1.165, 1.54) is 0 Å². The minimum absolute atomic E-state index is 0.00155. The van der Waals surface area contributed by atoms with Gasteiger partial charge in [-0.15, -0.1) is 0 Å². The molecule has 0 spiro atoms. The molecule has 3 aliphatic rings. The molecule has 0 aromatic carbocycles. The van der Waals surface area contributed by atoms with Crippen LogP contribution in [0.3, 0.4) is 0 Å². The molecule has 9 nitrogen and oxygen atoms in total. The van der Waals surface area contributed by atoms with E-state index in [-0.39, 0.29) is 42.2 Å². The number of anilines is 4. The van der Waals surface area contributed by atoms with Gasteiger partial charge in [0.2, 0.25) is 5.91 Å². The minimum Gasteiger partial charge on any atom is -0.383 e. The third-order valence-corrected chi connectivity index (χ3v) is 6.61. The number of fused-ring (bicyclic) bond motifs is 3. The van der Waals surface area contributed by atoms with E-state index in [0.717, 1.165) is 31.2 Å². The summed E-state index contributed by atoms with van der Waals surface area (Å²) in [4.78, 5) is 26.0. The summed E-state index contributed by atoms with van der Waals surface area (Å²) in [5, 5.41) is 11.3. The lowest BCUT2D eigenvalue weighted by atomic mass is 10.00. The van der Waals surface area contributed by atoms with Crippen LogP contribution in [0.4, 0.5) is 23.3 Å². The van der Waals surface area contributed by atoms with Gasteiger partial charge >= 0.3 is 0 Å². The Labute approximate surface area is 181 Å². The Morgan fingerprint density at radius 2 is 1.65 bits per heavy atom. The number of nitrogens with two attached hydrogens (primary N) is 2. The fourth-order valence-corrected chi connectivity index (χ4v) is 5.45. The van der Waals surface area contributed by atoms with Crippen LogP contribution >= 0.6 is 0 Å². The van der Waals surface area contributed by atoms with Gasteiger partial charge in [0.1, 0.15) is 34.9 Å². The van der Waals surface area contributed by atoms with Crippen molar-refractivity contribution in [1.29, 1.82) is 5.26 Å². The SMILES string of the molecule is C[C@@H]1CN(c2nc(N)c3c(N)nc4c(c3c2C#N)CC(=O)N4C2CCCC2)C[C@H](C)O1. The van der Waals surface area contributed by atoms with Crippen molar-refractivity contribution in [1.82, 2.24) is 9.97 Å². The third kappa shape index (κ3) is 3.05. The van der Waals surface area contributed by atoms with Crippen molar-refractivity contribution in [3.8, 4) is 6.07 Å². The van der Waals surface area contributed by atoms with E-state index >= 15 is 0 Å². The van der Waals surface area contributed by atoms with Crippen LogP contribution in [0.1, 0.15) is 50.7 Å². The van der Waals surface area contributed by atoms with Gasteiger partial charge in [-0.2, -0.15) is 5.26 Å². The molecule has 1 amide bonds. The van der Waals surface area contributed by atoms with E-state index in [4.69, 9.17) is 16.2 Å². The molecular formula is C22H27N7O2.